The van der Waals surface area contributed by atoms with Gasteiger partial charge in [-0.15, -0.1) is 5.10 Å². The molecule has 0 bridgehead atoms. The first-order valence-electron chi connectivity index (χ1n) is 5.75. The highest BCUT2D eigenvalue weighted by Crippen LogP contribution is 2.26. The third-order valence-electron chi connectivity index (χ3n) is 2.81. The lowest BCUT2D eigenvalue weighted by molar-refractivity contribution is 0.632. The fraction of sp³-hybridized carbons (Fsp3) is 0. The number of nitrogens with two attached hydrogens (primary N) is 1. The maximum atomic E-state index is 13.6. The number of para-hydroxylation sites is 1. The van der Waals surface area contributed by atoms with Gasteiger partial charge in [0, 0.05) is 10.0 Å². The zero-order chi connectivity index (χ0) is 14.1. The minimum Gasteiger partial charge on any atom is -0.396 e. The van der Waals surface area contributed by atoms with Crippen molar-refractivity contribution in [2.24, 2.45) is 0 Å². The maximum Gasteiger partial charge on any atom is 0.187 e. The van der Waals surface area contributed by atoms with Gasteiger partial charge in [-0.25, -0.2) is 4.39 Å². The molecule has 2 aromatic carbocycles. The van der Waals surface area contributed by atoms with Crippen LogP contribution in [-0.2, 0) is 0 Å². The van der Waals surface area contributed by atoms with E-state index >= 15 is 0 Å². The Bertz CT molecular complexity index is 771. The molecule has 1 aromatic heterocycles. The summed E-state index contributed by atoms with van der Waals surface area (Å²) in [6.07, 6.45) is 0. The van der Waals surface area contributed by atoms with E-state index in [-0.39, 0.29) is 5.69 Å². The quantitative estimate of drug-likeness (QED) is 0.732. The number of halogens is 2. The fourth-order valence-corrected chi connectivity index (χ4v) is 2.27. The van der Waals surface area contributed by atoms with Gasteiger partial charge in [0.15, 0.2) is 5.82 Å². The van der Waals surface area contributed by atoms with E-state index in [0.717, 1.165) is 10.2 Å². The molecule has 0 aliphatic carbocycles. The smallest absolute Gasteiger partial charge is 0.187 e. The molecule has 0 saturated carbocycles. The van der Waals surface area contributed by atoms with Crippen LogP contribution in [0.15, 0.2) is 46.9 Å². The molecule has 3 aromatic rings. The molecule has 0 saturated heterocycles. The second kappa shape index (κ2) is 5.01. The summed E-state index contributed by atoms with van der Waals surface area (Å²) in [5.41, 5.74) is 6.89. The molecule has 2 N–H and O–H groups in total. The SMILES string of the molecule is Nc1ccc(-c2nnnn2-c2ccccc2Br)cc1F. The molecule has 0 spiro atoms. The number of hydrogen-bond acceptors (Lipinski definition) is 4. The summed E-state index contributed by atoms with van der Waals surface area (Å²) in [6.45, 7) is 0. The van der Waals surface area contributed by atoms with Gasteiger partial charge >= 0.3 is 0 Å². The molecular weight excluding hydrogens is 325 g/mol. The first kappa shape index (κ1) is 12.7. The van der Waals surface area contributed by atoms with E-state index < -0.39 is 5.82 Å². The normalized spacial score (nSPS) is 10.7. The topological polar surface area (TPSA) is 69.6 Å². The summed E-state index contributed by atoms with van der Waals surface area (Å²) in [5.74, 6) is -0.0556. The van der Waals surface area contributed by atoms with Gasteiger partial charge in [0.2, 0.25) is 0 Å². The van der Waals surface area contributed by atoms with Gasteiger partial charge < -0.3 is 5.73 Å². The molecule has 100 valence electrons. The van der Waals surface area contributed by atoms with Crippen LogP contribution in [0.3, 0.4) is 0 Å². The van der Waals surface area contributed by atoms with E-state index in [2.05, 4.69) is 31.5 Å². The highest BCUT2D eigenvalue weighted by atomic mass is 79.9. The Morgan fingerprint density at radius 3 is 2.70 bits per heavy atom. The van der Waals surface area contributed by atoms with Gasteiger partial charge in [-0.2, -0.15) is 4.68 Å². The summed E-state index contributed by atoms with van der Waals surface area (Å²) in [5, 5.41) is 11.6. The summed E-state index contributed by atoms with van der Waals surface area (Å²) in [4.78, 5) is 0. The van der Waals surface area contributed by atoms with Crippen LogP contribution in [0, 0.1) is 5.82 Å². The molecule has 20 heavy (non-hydrogen) atoms. The molecule has 3 rings (SSSR count). The van der Waals surface area contributed by atoms with Gasteiger partial charge in [0.1, 0.15) is 5.82 Å². The van der Waals surface area contributed by atoms with E-state index in [1.165, 1.54) is 16.8 Å². The Labute approximate surface area is 122 Å². The predicted octanol–water partition coefficient (Wildman–Crippen LogP) is 2.81. The van der Waals surface area contributed by atoms with Crippen molar-refractivity contribution in [2.75, 3.05) is 5.73 Å². The van der Waals surface area contributed by atoms with E-state index in [9.17, 15) is 4.39 Å². The van der Waals surface area contributed by atoms with Crippen LogP contribution in [0.4, 0.5) is 10.1 Å². The largest absolute Gasteiger partial charge is 0.396 e. The van der Waals surface area contributed by atoms with Crippen LogP contribution in [0.2, 0.25) is 0 Å². The average molecular weight is 334 g/mol. The van der Waals surface area contributed by atoms with Crippen LogP contribution in [0.1, 0.15) is 0 Å². The monoisotopic (exact) mass is 333 g/mol. The van der Waals surface area contributed by atoms with Gasteiger partial charge in [0.25, 0.3) is 0 Å². The van der Waals surface area contributed by atoms with Crippen molar-refractivity contribution in [2.45, 2.75) is 0 Å². The number of aromatic nitrogens is 4. The maximum absolute atomic E-state index is 13.6. The number of hydrogen-bond donors (Lipinski definition) is 1. The van der Waals surface area contributed by atoms with Gasteiger partial charge in [-0.3, -0.25) is 0 Å². The molecule has 0 aliphatic heterocycles. The van der Waals surface area contributed by atoms with Crippen LogP contribution in [-0.4, -0.2) is 20.2 Å². The molecule has 0 fully saturated rings. The minimum atomic E-state index is -0.496. The second-order valence-electron chi connectivity index (χ2n) is 4.10. The zero-order valence-electron chi connectivity index (χ0n) is 10.2. The van der Waals surface area contributed by atoms with Crippen LogP contribution < -0.4 is 5.73 Å². The van der Waals surface area contributed by atoms with Crippen molar-refractivity contribution >= 4 is 21.6 Å². The Morgan fingerprint density at radius 2 is 1.95 bits per heavy atom. The van der Waals surface area contributed by atoms with Gasteiger partial charge in [0.05, 0.1) is 11.4 Å². The number of nitrogen functional groups attached to an aromatic ring is 1. The number of benzene rings is 2. The Morgan fingerprint density at radius 1 is 1.15 bits per heavy atom. The van der Waals surface area contributed by atoms with E-state index in [1.54, 1.807) is 6.07 Å². The lowest BCUT2D eigenvalue weighted by Crippen LogP contribution is -2.01. The van der Waals surface area contributed by atoms with Crippen molar-refractivity contribution in [3.8, 4) is 17.1 Å². The summed E-state index contributed by atoms with van der Waals surface area (Å²) in [6, 6.07) is 12.0. The van der Waals surface area contributed by atoms with Crippen LogP contribution in [0.25, 0.3) is 17.1 Å². The van der Waals surface area contributed by atoms with Crippen molar-refractivity contribution < 1.29 is 4.39 Å². The van der Waals surface area contributed by atoms with Crippen LogP contribution >= 0.6 is 15.9 Å². The summed E-state index contributed by atoms with van der Waals surface area (Å²) < 4.78 is 15.9. The molecule has 0 aliphatic rings. The molecule has 5 nitrogen and oxygen atoms in total. The molecule has 0 radical (unpaired) electrons. The van der Waals surface area contributed by atoms with E-state index in [1.807, 2.05) is 24.3 Å². The van der Waals surface area contributed by atoms with Crippen molar-refractivity contribution in [3.63, 3.8) is 0 Å². The third-order valence-corrected chi connectivity index (χ3v) is 3.48. The second-order valence-corrected chi connectivity index (χ2v) is 4.96. The Kier molecular flexibility index (Phi) is 3.19. The molecule has 7 heteroatoms. The molecule has 0 atom stereocenters. The van der Waals surface area contributed by atoms with Crippen molar-refractivity contribution in [1.82, 2.24) is 20.2 Å². The first-order chi connectivity index (χ1) is 9.66. The first-order valence-corrected chi connectivity index (χ1v) is 6.55. The predicted molar refractivity (Wildman–Crippen MR) is 76.7 cm³/mol. The van der Waals surface area contributed by atoms with Crippen molar-refractivity contribution in [3.05, 3.63) is 52.8 Å². The Hall–Kier alpha value is -2.28. The van der Waals surface area contributed by atoms with Crippen molar-refractivity contribution in [1.29, 1.82) is 0 Å². The van der Waals surface area contributed by atoms with E-state index in [4.69, 9.17) is 5.73 Å². The summed E-state index contributed by atoms with van der Waals surface area (Å²) >= 11 is 3.44. The number of tetrazole rings is 1. The number of rotatable bonds is 2. The highest BCUT2D eigenvalue weighted by molar-refractivity contribution is 9.10. The summed E-state index contributed by atoms with van der Waals surface area (Å²) in [7, 11) is 0. The average Bonchev–Trinajstić information content (AvgIpc) is 2.91. The zero-order valence-corrected chi connectivity index (χ0v) is 11.7. The molecule has 0 amide bonds. The lowest BCUT2D eigenvalue weighted by Gasteiger charge is -2.07. The third kappa shape index (κ3) is 2.16. The molecule has 1 heterocycles. The fourth-order valence-electron chi connectivity index (χ4n) is 1.82. The van der Waals surface area contributed by atoms with Crippen LogP contribution in [0.5, 0.6) is 0 Å². The minimum absolute atomic E-state index is 0.0914. The standard InChI is InChI=1S/C13H9BrFN5/c14-9-3-1-2-4-12(9)20-13(17-18-19-20)8-5-6-11(16)10(15)7-8/h1-7H,16H2. The number of nitrogens with zero attached hydrogens (tertiary/aromatic N) is 4. The lowest BCUT2D eigenvalue weighted by atomic mass is 10.2. The van der Waals surface area contributed by atoms with E-state index in [0.29, 0.717) is 11.4 Å². The molecular formula is C13H9BrFN5. The highest BCUT2D eigenvalue weighted by Gasteiger charge is 2.14. The number of anilines is 1. The van der Waals surface area contributed by atoms with Gasteiger partial charge in [-0.1, -0.05) is 12.1 Å². The Balaban J connectivity index is 2.15. The molecule has 0 unspecified atom stereocenters. The van der Waals surface area contributed by atoms with Gasteiger partial charge in [-0.05, 0) is 56.7 Å².